The van der Waals surface area contributed by atoms with Crippen molar-refractivity contribution < 1.29 is 23.1 Å². The zero-order valence-corrected chi connectivity index (χ0v) is 23.5. The molecule has 0 atom stereocenters. The number of carbonyl (C=O) groups is 1. The number of anilines is 4. The highest BCUT2D eigenvalue weighted by Crippen LogP contribution is 2.31. The molecule has 0 aliphatic carbocycles. The van der Waals surface area contributed by atoms with Gasteiger partial charge in [-0.05, 0) is 50.7 Å². The van der Waals surface area contributed by atoms with E-state index >= 15 is 0 Å². The molecule has 0 aliphatic heterocycles. The molecular weight excluding hydrogens is 532 g/mol. The number of phenols is 1. The van der Waals surface area contributed by atoms with Crippen molar-refractivity contribution in [1.29, 1.82) is 0 Å². The molecule has 0 saturated heterocycles. The van der Waals surface area contributed by atoms with Gasteiger partial charge in [0.1, 0.15) is 11.5 Å². The predicted octanol–water partition coefficient (Wildman–Crippen LogP) is 4.56. The van der Waals surface area contributed by atoms with Gasteiger partial charge in [-0.2, -0.15) is 0 Å². The van der Waals surface area contributed by atoms with Gasteiger partial charge >= 0.3 is 0 Å². The number of sulfonamides is 1. The van der Waals surface area contributed by atoms with Crippen LogP contribution in [0.25, 0.3) is 11.0 Å². The van der Waals surface area contributed by atoms with Gasteiger partial charge in [0.2, 0.25) is 5.91 Å². The molecule has 4 rings (SSSR count). The van der Waals surface area contributed by atoms with E-state index in [4.69, 9.17) is 4.74 Å². The van der Waals surface area contributed by atoms with Crippen LogP contribution >= 0.6 is 0 Å². The summed E-state index contributed by atoms with van der Waals surface area (Å²) in [5.74, 6) is 0.171. The number of amides is 1. The van der Waals surface area contributed by atoms with Gasteiger partial charge in [-0.3, -0.25) is 14.4 Å². The van der Waals surface area contributed by atoms with Gasteiger partial charge in [-0.25, -0.2) is 18.4 Å². The summed E-state index contributed by atoms with van der Waals surface area (Å²) in [6.07, 6.45) is 0. The second-order valence-electron chi connectivity index (χ2n) is 9.29. The fraction of sp³-hybridized carbons (Fsp3) is 0.250. The fourth-order valence-corrected chi connectivity index (χ4v) is 5.09. The van der Waals surface area contributed by atoms with E-state index in [9.17, 15) is 18.3 Å². The minimum Gasteiger partial charge on any atom is -0.508 e. The molecule has 0 radical (unpaired) electrons. The molecule has 0 fully saturated rings. The van der Waals surface area contributed by atoms with Crippen LogP contribution in [0, 0.1) is 0 Å². The third kappa shape index (κ3) is 6.96. The Bertz CT molecular complexity index is 1630. The number of nitrogens with one attached hydrogen (secondary N) is 3. The van der Waals surface area contributed by atoms with Crippen LogP contribution in [-0.2, 0) is 14.8 Å². The molecule has 40 heavy (non-hydrogen) atoms. The van der Waals surface area contributed by atoms with Crippen LogP contribution in [0.2, 0.25) is 0 Å². The van der Waals surface area contributed by atoms with Crippen LogP contribution in [0.1, 0.15) is 20.8 Å². The minimum absolute atomic E-state index is 0.0490. The Labute approximate surface area is 233 Å². The van der Waals surface area contributed by atoms with E-state index in [1.54, 1.807) is 42.5 Å². The van der Waals surface area contributed by atoms with Gasteiger partial charge in [0.15, 0.2) is 11.6 Å². The monoisotopic (exact) mass is 564 g/mol. The molecule has 0 bridgehead atoms. The molecule has 4 aromatic rings. The smallest absolute Gasteiger partial charge is 0.263 e. The van der Waals surface area contributed by atoms with E-state index in [-0.39, 0.29) is 40.8 Å². The number of nitrogens with zero attached hydrogens (tertiary/aromatic N) is 3. The van der Waals surface area contributed by atoms with Crippen molar-refractivity contribution in [3.05, 3.63) is 66.7 Å². The number of fused-ring (bicyclic) bond motifs is 1. The molecule has 0 unspecified atom stereocenters. The van der Waals surface area contributed by atoms with Crippen LogP contribution in [-0.4, -0.2) is 60.5 Å². The van der Waals surface area contributed by atoms with Crippen LogP contribution in [0.4, 0.5) is 23.0 Å². The lowest BCUT2D eigenvalue weighted by atomic mass is 10.2. The zero-order chi connectivity index (χ0) is 28.9. The van der Waals surface area contributed by atoms with Crippen molar-refractivity contribution in [1.82, 2.24) is 14.9 Å². The van der Waals surface area contributed by atoms with Gasteiger partial charge in [-0.15, -0.1) is 0 Å². The number of ether oxygens (including phenoxy) is 1. The van der Waals surface area contributed by atoms with E-state index in [1.165, 1.54) is 31.4 Å². The maximum atomic E-state index is 13.5. The van der Waals surface area contributed by atoms with Gasteiger partial charge in [0.25, 0.3) is 10.0 Å². The Balaban J connectivity index is 1.64. The summed E-state index contributed by atoms with van der Waals surface area (Å²) in [7, 11) is -2.68. The Morgan fingerprint density at radius 2 is 1.68 bits per heavy atom. The molecule has 4 N–H and O–H groups in total. The first kappa shape index (κ1) is 28.6. The van der Waals surface area contributed by atoms with Gasteiger partial charge < -0.3 is 20.5 Å². The van der Waals surface area contributed by atoms with Crippen molar-refractivity contribution in [3.63, 3.8) is 0 Å². The molecule has 3 aromatic carbocycles. The Morgan fingerprint density at radius 1 is 0.975 bits per heavy atom. The lowest BCUT2D eigenvalue weighted by Gasteiger charge is -2.23. The second-order valence-corrected chi connectivity index (χ2v) is 11.0. The summed E-state index contributed by atoms with van der Waals surface area (Å²) < 4.78 is 34.6. The number of carbonyl (C=O) groups excluding carboxylic acids is 1. The summed E-state index contributed by atoms with van der Waals surface area (Å²) in [4.78, 5) is 23.6. The fourth-order valence-electron chi connectivity index (χ4n) is 4.04. The number of likely N-dealkylation sites (N-methyl/N-ethyl adjacent to an activating group) is 1. The summed E-state index contributed by atoms with van der Waals surface area (Å²) in [5.41, 5.74) is 1.77. The maximum absolute atomic E-state index is 13.5. The van der Waals surface area contributed by atoms with Crippen molar-refractivity contribution >= 4 is 50.0 Å². The molecule has 11 nitrogen and oxygen atoms in total. The van der Waals surface area contributed by atoms with E-state index in [2.05, 4.69) is 25.3 Å². The number of hydrogen-bond donors (Lipinski definition) is 4. The second kappa shape index (κ2) is 12.2. The minimum atomic E-state index is -4.15. The lowest BCUT2D eigenvalue weighted by Crippen LogP contribution is -2.37. The van der Waals surface area contributed by atoms with E-state index in [0.717, 1.165) is 0 Å². The van der Waals surface area contributed by atoms with Crippen LogP contribution in [0.5, 0.6) is 11.5 Å². The number of hydrogen-bond acceptors (Lipinski definition) is 9. The highest BCUT2D eigenvalue weighted by atomic mass is 32.2. The third-order valence-corrected chi connectivity index (χ3v) is 7.44. The van der Waals surface area contributed by atoms with E-state index in [1.807, 2.05) is 25.7 Å². The van der Waals surface area contributed by atoms with E-state index in [0.29, 0.717) is 34.7 Å². The number of aromatic hydroxyl groups is 1. The lowest BCUT2D eigenvalue weighted by molar-refractivity contribution is -0.117. The van der Waals surface area contributed by atoms with Gasteiger partial charge in [-0.1, -0.05) is 25.1 Å². The first-order valence-corrected chi connectivity index (χ1v) is 14.1. The Kier molecular flexibility index (Phi) is 8.70. The molecule has 0 saturated carbocycles. The van der Waals surface area contributed by atoms with Crippen molar-refractivity contribution in [2.24, 2.45) is 0 Å². The highest BCUT2D eigenvalue weighted by molar-refractivity contribution is 7.92. The standard InChI is InChI=1S/C28H32N6O5S/c1-5-34(18(2)3)17-26(36)29-19-9-8-10-23(15-19)40(37,38)33-28-27(31-24-11-6-7-12-25(24)32-28)30-20-13-21(35)16-22(14-20)39-4/h6-16,18,35H,5,17H2,1-4H3,(H,29,36)(H,30,31)(H,32,33). The summed E-state index contributed by atoms with van der Waals surface area (Å²) in [6, 6.07) is 17.7. The van der Waals surface area contributed by atoms with Crippen molar-refractivity contribution in [2.45, 2.75) is 31.7 Å². The molecule has 0 aliphatic rings. The molecular formula is C28H32N6O5S. The molecule has 1 heterocycles. The number of para-hydroxylation sites is 2. The third-order valence-electron chi connectivity index (χ3n) is 6.10. The Hall–Kier alpha value is -4.42. The summed E-state index contributed by atoms with van der Waals surface area (Å²) >= 11 is 0. The molecule has 0 spiro atoms. The van der Waals surface area contributed by atoms with Gasteiger partial charge in [0, 0.05) is 35.6 Å². The van der Waals surface area contributed by atoms with Crippen LogP contribution in [0.3, 0.4) is 0 Å². The number of methoxy groups -OCH3 is 1. The van der Waals surface area contributed by atoms with Gasteiger partial charge in [0.05, 0.1) is 29.6 Å². The number of benzene rings is 3. The van der Waals surface area contributed by atoms with E-state index < -0.39 is 10.0 Å². The largest absolute Gasteiger partial charge is 0.508 e. The topological polar surface area (TPSA) is 146 Å². The molecule has 1 amide bonds. The number of phenolic OH excluding ortho intramolecular Hbond substituents is 1. The van der Waals surface area contributed by atoms with Crippen LogP contribution in [0.15, 0.2) is 71.6 Å². The van der Waals surface area contributed by atoms with Crippen LogP contribution < -0.4 is 20.1 Å². The highest BCUT2D eigenvalue weighted by Gasteiger charge is 2.21. The first-order chi connectivity index (χ1) is 19.1. The average Bonchev–Trinajstić information content (AvgIpc) is 2.91. The first-order valence-electron chi connectivity index (χ1n) is 12.7. The SMILES string of the molecule is CCN(CC(=O)Nc1cccc(S(=O)(=O)Nc2nc3ccccc3nc2Nc2cc(O)cc(OC)c2)c1)C(C)C. The van der Waals surface area contributed by atoms with Crippen molar-refractivity contribution in [3.8, 4) is 11.5 Å². The Morgan fingerprint density at radius 3 is 2.33 bits per heavy atom. The molecule has 1 aromatic heterocycles. The molecule has 210 valence electrons. The quantitative estimate of drug-likeness (QED) is 0.206. The number of aromatic nitrogens is 2. The maximum Gasteiger partial charge on any atom is 0.263 e. The van der Waals surface area contributed by atoms with Crippen molar-refractivity contribution in [2.75, 3.05) is 35.6 Å². The average molecular weight is 565 g/mol. The summed E-state index contributed by atoms with van der Waals surface area (Å²) in [5, 5.41) is 15.9. The summed E-state index contributed by atoms with van der Waals surface area (Å²) in [6.45, 7) is 6.88. The predicted molar refractivity (Wildman–Crippen MR) is 156 cm³/mol. The zero-order valence-electron chi connectivity index (χ0n) is 22.7. The number of rotatable bonds is 11. The normalized spacial score (nSPS) is 11.6. The molecule has 12 heteroatoms.